The van der Waals surface area contributed by atoms with Gasteiger partial charge in [-0.3, -0.25) is 9.59 Å². The highest BCUT2D eigenvalue weighted by Crippen LogP contribution is 2.21. The molecule has 1 fully saturated rings. The number of nitrogens with zero attached hydrogens (tertiary/aromatic N) is 2. The highest BCUT2D eigenvalue weighted by atomic mass is 35.5. The molecule has 0 saturated carbocycles. The van der Waals surface area contributed by atoms with Crippen LogP contribution in [0.25, 0.3) is 11.0 Å². The number of nitrogens with one attached hydrogen (secondary N) is 1. The predicted octanol–water partition coefficient (Wildman–Crippen LogP) is 3.33. The number of halogens is 1. The lowest BCUT2D eigenvalue weighted by molar-refractivity contribution is -0.121. The number of amides is 2. The monoisotopic (exact) mass is 411 g/mol. The van der Waals surface area contributed by atoms with E-state index in [2.05, 4.69) is 10.3 Å². The lowest BCUT2D eigenvalue weighted by atomic mass is 9.96. The van der Waals surface area contributed by atoms with Gasteiger partial charge in [-0.25, -0.2) is 9.78 Å². The number of benzene rings is 1. The molecule has 1 aliphatic heterocycles. The number of para-hydroxylation sites is 1. The zero-order valence-electron chi connectivity index (χ0n) is 15.4. The van der Waals surface area contributed by atoms with E-state index in [-0.39, 0.29) is 18.0 Å². The summed E-state index contributed by atoms with van der Waals surface area (Å²) in [5.41, 5.74) is -0.268. The van der Waals surface area contributed by atoms with Crippen LogP contribution in [0.5, 0.6) is 0 Å². The van der Waals surface area contributed by atoms with Gasteiger partial charge in [-0.2, -0.15) is 0 Å². The summed E-state index contributed by atoms with van der Waals surface area (Å²) >= 11 is 5.81. The minimum Gasteiger partial charge on any atom is -0.422 e. The van der Waals surface area contributed by atoms with Crippen LogP contribution in [0.4, 0.5) is 5.82 Å². The molecule has 8 heteroatoms. The van der Waals surface area contributed by atoms with Gasteiger partial charge in [0.25, 0.3) is 5.91 Å². The van der Waals surface area contributed by atoms with Crippen LogP contribution < -0.4 is 10.9 Å². The molecule has 2 amide bonds. The summed E-state index contributed by atoms with van der Waals surface area (Å²) < 4.78 is 5.27. The molecule has 1 atom stereocenters. The van der Waals surface area contributed by atoms with E-state index < -0.39 is 17.5 Å². The van der Waals surface area contributed by atoms with Gasteiger partial charge in [0.2, 0.25) is 5.91 Å². The minimum absolute atomic E-state index is 0.0240. The Balaban J connectivity index is 1.50. The van der Waals surface area contributed by atoms with Crippen molar-refractivity contribution in [2.45, 2.75) is 12.8 Å². The van der Waals surface area contributed by atoms with Crippen molar-refractivity contribution >= 4 is 40.2 Å². The van der Waals surface area contributed by atoms with Gasteiger partial charge in [0, 0.05) is 24.7 Å². The summed E-state index contributed by atoms with van der Waals surface area (Å²) in [5.74, 6) is -0.634. The van der Waals surface area contributed by atoms with Crippen LogP contribution in [0.2, 0.25) is 5.02 Å². The first-order chi connectivity index (χ1) is 14.0. The van der Waals surface area contributed by atoms with E-state index in [0.29, 0.717) is 41.2 Å². The number of likely N-dealkylation sites (tertiary alicyclic amines) is 1. The van der Waals surface area contributed by atoms with Crippen molar-refractivity contribution in [3.63, 3.8) is 0 Å². The van der Waals surface area contributed by atoms with E-state index in [1.165, 1.54) is 11.1 Å². The first-order valence-electron chi connectivity index (χ1n) is 9.26. The number of rotatable bonds is 3. The fourth-order valence-corrected chi connectivity index (χ4v) is 3.55. The van der Waals surface area contributed by atoms with Crippen molar-refractivity contribution in [2.75, 3.05) is 18.4 Å². The van der Waals surface area contributed by atoms with Crippen LogP contribution in [0.15, 0.2) is 57.9 Å². The molecule has 3 heterocycles. The molecule has 148 valence electrons. The van der Waals surface area contributed by atoms with Crippen LogP contribution in [0, 0.1) is 5.92 Å². The Bertz CT molecular complexity index is 1130. The third-order valence-corrected chi connectivity index (χ3v) is 5.15. The molecular formula is C21H18ClN3O4. The first-order valence-corrected chi connectivity index (χ1v) is 9.63. The second-order valence-electron chi connectivity index (χ2n) is 6.93. The minimum atomic E-state index is -0.675. The number of pyridine rings is 1. The summed E-state index contributed by atoms with van der Waals surface area (Å²) in [6.45, 7) is 0.707. The first kappa shape index (κ1) is 19.1. The predicted molar refractivity (Wildman–Crippen MR) is 109 cm³/mol. The van der Waals surface area contributed by atoms with Gasteiger partial charge in [0.15, 0.2) is 0 Å². The molecule has 0 bridgehead atoms. The molecule has 1 saturated heterocycles. The highest BCUT2D eigenvalue weighted by molar-refractivity contribution is 6.30. The average molecular weight is 412 g/mol. The number of hydrogen-bond donors (Lipinski definition) is 1. The second-order valence-corrected chi connectivity index (χ2v) is 7.36. The van der Waals surface area contributed by atoms with Crippen LogP contribution in [0.3, 0.4) is 0 Å². The molecule has 7 nitrogen and oxygen atoms in total. The standard InChI is InChI=1S/C21H18ClN3O4/c22-15-7-8-18(23-11-15)24-19(26)14-5-3-9-25(12-14)20(27)16-10-13-4-1-2-6-17(13)29-21(16)28/h1-2,4,6-8,10-11,14H,3,5,9,12H2,(H,23,24,26)/t14-/m0/s1. The van der Waals surface area contributed by atoms with E-state index >= 15 is 0 Å². The van der Waals surface area contributed by atoms with Crippen LogP contribution in [-0.2, 0) is 4.79 Å². The summed E-state index contributed by atoms with van der Waals surface area (Å²) in [5, 5.41) is 3.90. The molecule has 1 aromatic carbocycles. The van der Waals surface area contributed by atoms with Gasteiger partial charge in [-0.05, 0) is 37.1 Å². The van der Waals surface area contributed by atoms with Crippen LogP contribution in [0.1, 0.15) is 23.2 Å². The summed E-state index contributed by atoms with van der Waals surface area (Å²) in [6, 6.07) is 11.8. The van der Waals surface area contributed by atoms with Gasteiger partial charge in [-0.15, -0.1) is 0 Å². The maximum absolute atomic E-state index is 12.9. The third kappa shape index (κ3) is 4.14. The molecule has 1 N–H and O–H groups in total. The number of fused-ring (bicyclic) bond motifs is 1. The van der Waals surface area contributed by atoms with Gasteiger partial charge in [-0.1, -0.05) is 29.8 Å². The lowest BCUT2D eigenvalue weighted by Gasteiger charge is -2.31. The van der Waals surface area contributed by atoms with E-state index in [1.54, 1.807) is 36.4 Å². The Morgan fingerprint density at radius 2 is 2.03 bits per heavy atom. The van der Waals surface area contributed by atoms with Gasteiger partial charge in [0.1, 0.15) is 17.0 Å². The Morgan fingerprint density at radius 1 is 1.21 bits per heavy atom. The number of carbonyl (C=O) groups is 2. The average Bonchev–Trinajstić information content (AvgIpc) is 2.74. The molecular weight excluding hydrogens is 394 g/mol. The molecule has 2 aromatic heterocycles. The molecule has 0 unspecified atom stereocenters. The Kier molecular flexibility index (Phi) is 5.31. The van der Waals surface area contributed by atoms with E-state index in [9.17, 15) is 14.4 Å². The van der Waals surface area contributed by atoms with E-state index in [4.69, 9.17) is 16.0 Å². The van der Waals surface area contributed by atoms with Crippen LogP contribution in [-0.4, -0.2) is 34.8 Å². The lowest BCUT2D eigenvalue weighted by Crippen LogP contribution is -2.44. The maximum atomic E-state index is 12.9. The summed E-state index contributed by atoms with van der Waals surface area (Å²) in [6.07, 6.45) is 2.76. The largest absolute Gasteiger partial charge is 0.422 e. The van der Waals surface area contributed by atoms with Crippen molar-refractivity contribution in [1.29, 1.82) is 0 Å². The number of carbonyl (C=O) groups excluding carboxylic acids is 2. The fraction of sp³-hybridized carbons (Fsp3) is 0.238. The SMILES string of the molecule is O=C(Nc1ccc(Cl)cn1)[C@H]1CCCN(C(=O)c2cc3ccccc3oc2=O)C1. The fourth-order valence-electron chi connectivity index (χ4n) is 3.44. The van der Waals surface area contributed by atoms with Crippen LogP contribution >= 0.6 is 11.6 Å². The highest BCUT2D eigenvalue weighted by Gasteiger charge is 2.30. The second kappa shape index (κ2) is 8.05. The summed E-state index contributed by atoms with van der Waals surface area (Å²) in [7, 11) is 0. The molecule has 0 aliphatic carbocycles. The van der Waals surface area contributed by atoms with Crippen molar-refractivity contribution in [3.05, 3.63) is 69.7 Å². The Hall–Kier alpha value is -3.19. The Morgan fingerprint density at radius 3 is 2.83 bits per heavy atom. The van der Waals surface area contributed by atoms with Crippen molar-refractivity contribution < 1.29 is 14.0 Å². The zero-order valence-corrected chi connectivity index (χ0v) is 16.2. The van der Waals surface area contributed by atoms with Gasteiger partial charge in [0.05, 0.1) is 10.9 Å². The normalized spacial score (nSPS) is 16.6. The quantitative estimate of drug-likeness (QED) is 0.667. The van der Waals surface area contributed by atoms with E-state index in [1.807, 2.05) is 6.07 Å². The number of anilines is 1. The molecule has 3 aromatic rings. The molecule has 1 aliphatic rings. The van der Waals surface area contributed by atoms with Crippen molar-refractivity contribution in [3.8, 4) is 0 Å². The van der Waals surface area contributed by atoms with Gasteiger partial charge >= 0.3 is 5.63 Å². The topological polar surface area (TPSA) is 92.5 Å². The summed E-state index contributed by atoms with van der Waals surface area (Å²) in [4.78, 5) is 43.4. The molecule has 0 radical (unpaired) electrons. The maximum Gasteiger partial charge on any atom is 0.349 e. The van der Waals surface area contributed by atoms with E-state index in [0.717, 1.165) is 0 Å². The molecule has 29 heavy (non-hydrogen) atoms. The smallest absolute Gasteiger partial charge is 0.349 e. The van der Waals surface area contributed by atoms with Crippen molar-refractivity contribution in [2.24, 2.45) is 5.92 Å². The third-order valence-electron chi connectivity index (χ3n) is 4.93. The number of aromatic nitrogens is 1. The van der Waals surface area contributed by atoms with Gasteiger partial charge < -0.3 is 14.6 Å². The number of piperidine rings is 1. The molecule has 0 spiro atoms. The zero-order chi connectivity index (χ0) is 20.4. The molecule has 4 rings (SSSR count). The number of hydrogen-bond acceptors (Lipinski definition) is 5. The Labute approximate surface area is 171 Å². The van der Waals surface area contributed by atoms with Crippen molar-refractivity contribution in [1.82, 2.24) is 9.88 Å².